The van der Waals surface area contributed by atoms with E-state index in [-0.39, 0.29) is 12.2 Å². The molecule has 0 radical (unpaired) electrons. The van der Waals surface area contributed by atoms with E-state index in [9.17, 15) is 0 Å². The van der Waals surface area contributed by atoms with Gasteiger partial charge in [0.1, 0.15) is 0 Å². The van der Waals surface area contributed by atoms with Gasteiger partial charge in [0.15, 0.2) is 23.1 Å². The van der Waals surface area contributed by atoms with Crippen molar-refractivity contribution in [2.24, 2.45) is 0 Å². The van der Waals surface area contributed by atoms with Crippen molar-refractivity contribution in [3.8, 4) is 22.6 Å². The van der Waals surface area contributed by atoms with E-state index < -0.39 is 0 Å². The molecule has 1 aromatic heterocycles. The normalized spacial score (nSPS) is 13.8. The number of ether oxygens (including phenoxy) is 2. The molecule has 0 bridgehead atoms. The summed E-state index contributed by atoms with van der Waals surface area (Å²) < 4.78 is 16.1. The zero-order valence-electron chi connectivity index (χ0n) is 11.2. The van der Waals surface area contributed by atoms with Crippen LogP contribution in [0.25, 0.3) is 11.1 Å². The Labute approximate surface area is 111 Å². The van der Waals surface area contributed by atoms with E-state index in [1.807, 2.05) is 18.2 Å². The molecule has 0 aliphatic carbocycles. The molecule has 3 rings (SSSR count). The number of nitrogens with zero attached hydrogens (tertiary/aromatic N) is 1. The lowest BCUT2D eigenvalue weighted by Gasteiger charge is -2.16. The molecule has 0 unspecified atom stereocenters. The Morgan fingerprint density at radius 3 is 2.63 bits per heavy atom. The molecule has 2 heterocycles. The molecule has 0 saturated heterocycles. The van der Waals surface area contributed by atoms with Crippen LogP contribution in [0, 0.1) is 0 Å². The zero-order chi connectivity index (χ0) is 13.6. The highest BCUT2D eigenvalue weighted by Gasteiger charge is 2.27. The second kappa shape index (κ2) is 3.91. The zero-order valence-corrected chi connectivity index (χ0v) is 11.2. The number of nitrogens with two attached hydrogens (primary N) is 1. The molecule has 0 amide bonds. The van der Waals surface area contributed by atoms with Crippen LogP contribution >= 0.6 is 0 Å². The van der Waals surface area contributed by atoms with Crippen LogP contribution in [0.1, 0.15) is 26.5 Å². The largest absolute Gasteiger partial charge is 0.454 e. The molecule has 2 N–H and O–H groups in total. The number of hydrogen-bond acceptors (Lipinski definition) is 5. The highest BCUT2D eigenvalue weighted by atomic mass is 16.7. The highest BCUT2D eigenvalue weighted by molar-refractivity contribution is 5.78. The fourth-order valence-electron chi connectivity index (χ4n) is 2.15. The second-order valence-electron chi connectivity index (χ2n) is 5.59. The van der Waals surface area contributed by atoms with Crippen LogP contribution in [0.15, 0.2) is 22.7 Å². The average molecular weight is 260 g/mol. The Bertz CT molecular complexity index is 626. The first-order valence-electron chi connectivity index (χ1n) is 6.12. The van der Waals surface area contributed by atoms with Gasteiger partial charge in [0.2, 0.25) is 6.79 Å². The van der Waals surface area contributed by atoms with E-state index >= 15 is 0 Å². The third-order valence-corrected chi connectivity index (χ3v) is 3.06. The summed E-state index contributed by atoms with van der Waals surface area (Å²) in [5, 5.41) is 3.88. The van der Waals surface area contributed by atoms with E-state index in [0.29, 0.717) is 5.82 Å². The molecule has 2 aromatic rings. The number of aromatic nitrogens is 1. The Kier molecular flexibility index (Phi) is 2.45. The SMILES string of the molecule is CC(C)(C)c1onc(N)c1-c1ccc2c(c1)OCO2. The van der Waals surface area contributed by atoms with Gasteiger partial charge in [-0.1, -0.05) is 32.0 Å². The summed E-state index contributed by atoms with van der Waals surface area (Å²) in [6, 6.07) is 5.71. The molecule has 0 saturated carbocycles. The minimum absolute atomic E-state index is 0.170. The Hall–Kier alpha value is -2.17. The van der Waals surface area contributed by atoms with Crippen LogP contribution in [0.4, 0.5) is 5.82 Å². The van der Waals surface area contributed by atoms with Crippen molar-refractivity contribution in [1.29, 1.82) is 0 Å². The van der Waals surface area contributed by atoms with Crippen molar-refractivity contribution in [3.05, 3.63) is 24.0 Å². The summed E-state index contributed by atoms with van der Waals surface area (Å²) in [6.07, 6.45) is 0. The Balaban J connectivity index is 2.15. The van der Waals surface area contributed by atoms with Gasteiger partial charge in [-0.25, -0.2) is 0 Å². The fourth-order valence-corrected chi connectivity index (χ4v) is 2.15. The molecule has 5 nitrogen and oxygen atoms in total. The molecule has 5 heteroatoms. The Morgan fingerprint density at radius 2 is 1.89 bits per heavy atom. The molecular weight excluding hydrogens is 244 g/mol. The lowest BCUT2D eigenvalue weighted by atomic mass is 9.88. The summed E-state index contributed by atoms with van der Waals surface area (Å²) in [4.78, 5) is 0. The van der Waals surface area contributed by atoms with Gasteiger partial charge in [0, 0.05) is 5.41 Å². The van der Waals surface area contributed by atoms with Crippen LogP contribution in [0.5, 0.6) is 11.5 Å². The van der Waals surface area contributed by atoms with E-state index in [0.717, 1.165) is 28.4 Å². The summed E-state index contributed by atoms with van der Waals surface area (Å²) in [5.74, 6) is 2.63. The maximum Gasteiger partial charge on any atom is 0.231 e. The first kappa shape index (κ1) is 11.9. The van der Waals surface area contributed by atoms with Gasteiger partial charge in [-0.2, -0.15) is 0 Å². The first-order chi connectivity index (χ1) is 8.97. The van der Waals surface area contributed by atoms with Crippen molar-refractivity contribution in [2.75, 3.05) is 12.5 Å². The number of nitrogen functional groups attached to an aromatic ring is 1. The highest BCUT2D eigenvalue weighted by Crippen LogP contribution is 2.41. The van der Waals surface area contributed by atoms with E-state index in [1.54, 1.807) is 0 Å². The van der Waals surface area contributed by atoms with Gasteiger partial charge in [-0.15, -0.1) is 0 Å². The summed E-state index contributed by atoms with van der Waals surface area (Å²) in [7, 11) is 0. The molecule has 19 heavy (non-hydrogen) atoms. The quantitative estimate of drug-likeness (QED) is 0.853. The van der Waals surface area contributed by atoms with Crippen molar-refractivity contribution < 1.29 is 14.0 Å². The number of rotatable bonds is 1. The second-order valence-corrected chi connectivity index (χ2v) is 5.59. The fraction of sp³-hybridized carbons (Fsp3) is 0.357. The lowest BCUT2D eigenvalue weighted by molar-refractivity contribution is 0.174. The predicted molar refractivity (Wildman–Crippen MR) is 71.2 cm³/mol. The van der Waals surface area contributed by atoms with Crippen LogP contribution in [0.3, 0.4) is 0 Å². The van der Waals surface area contributed by atoms with Gasteiger partial charge >= 0.3 is 0 Å². The summed E-state index contributed by atoms with van der Waals surface area (Å²) in [5.41, 5.74) is 7.52. The number of fused-ring (bicyclic) bond motifs is 1. The van der Waals surface area contributed by atoms with Gasteiger partial charge in [0.05, 0.1) is 5.56 Å². The van der Waals surface area contributed by atoms with Gasteiger partial charge in [-0.05, 0) is 17.7 Å². The molecule has 1 aromatic carbocycles. The summed E-state index contributed by atoms with van der Waals surface area (Å²) in [6.45, 7) is 6.43. The molecule has 100 valence electrons. The van der Waals surface area contributed by atoms with Crippen LogP contribution < -0.4 is 15.2 Å². The maximum absolute atomic E-state index is 5.94. The minimum Gasteiger partial charge on any atom is -0.454 e. The van der Waals surface area contributed by atoms with Gasteiger partial charge in [-0.3, -0.25) is 0 Å². The minimum atomic E-state index is -0.170. The molecule has 1 aliphatic rings. The average Bonchev–Trinajstić information content (AvgIpc) is 2.92. The summed E-state index contributed by atoms with van der Waals surface area (Å²) >= 11 is 0. The third-order valence-electron chi connectivity index (χ3n) is 3.06. The third kappa shape index (κ3) is 1.91. The van der Waals surface area contributed by atoms with Crippen molar-refractivity contribution in [2.45, 2.75) is 26.2 Å². The van der Waals surface area contributed by atoms with Crippen LogP contribution in [0.2, 0.25) is 0 Å². The van der Waals surface area contributed by atoms with E-state index in [4.69, 9.17) is 19.7 Å². The van der Waals surface area contributed by atoms with Crippen LogP contribution in [-0.4, -0.2) is 11.9 Å². The number of hydrogen-bond donors (Lipinski definition) is 1. The van der Waals surface area contributed by atoms with Crippen molar-refractivity contribution in [1.82, 2.24) is 5.16 Å². The number of anilines is 1. The first-order valence-corrected chi connectivity index (χ1v) is 6.12. The van der Waals surface area contributed by atoms with E-state index in [2.05, 4.69) is 25.9 Å². The predicted octanol–water partition coefficient (Wildman–Crippen LogP) is 2.95. The van der Waals surface area contributed by atoms with Crippen molar-refractivity contribution in [3.63, 3.8) is 0 Å². The molecular formula is C14H16N2O3. The smallest absolute Gasteiger partial charge is 0.231 e. The lowest BCUT2D eigenvalue weighted by Crippen LogP contribution is -2.11. The molecule has 1 aliphatic heterocycles. The monoisotopic (exact) mass is 260 g/mol. The number of benzene rings is 1. The topological polar surface area (TPSA) is 70.5 Å². The van der Waals surface area contributed by atoms with Gasteiger partial charge < -0.3 is 19.7 Å². The van der Waals surface area contributed by atoms with Crippen molar-refractivity contribution >= 4 is 5.82 Å². The standard InChI is InChI=1S/C14H16N2O3/c1-14(2,3)12-11(13(15)16-19-12)8-4-5-9-10(6-8)18-7-17-9/h4-6H,7H2,1-3H3,(H2,15,16). The van der Waals surface area contributed by atoms with E-state index in [1.165, 1.54) is 0 Å². The van der Waals surface area contributed by atoms with Crippen LogP contribution in [-0.2, 0) is 5.41 Å². The maximum atomic E-state index is 5.94. The molecule has 0 fully saturated rings. The van der Waals surface area contributed by atoms with Gasteiger partial charge in [0.25, 0.3) is 0 Å². The molecule has 0 atom stereocenters. The Morgan fingerprint density at radius 1 is 1.16 bits per heavy atom. The molecule has 0 spiro atoms.